The van der Waals surface area contributed by atoms with Crippen LogP contribution in [-0.4, -0.2) is 125 Å². The molecule has 9 amide bonds. The summed E-state index contributed by atoms with van der Waals surface area (Å²) in [6.07, 6.45) is -4.97. The molecule has 0 aliphatic rings. The largest absolute Gasteiger partial charge is 0.465 e. The van der Waals surface area contributed by atoms with Gasteiger partial charge in [-0.15, -0.1) is 0 Å². The number of carbonyl (C=O) groups is 7. The first kappa shape index (κ1) is 36.3. The monoisotopic (exact) mass is 643 g/mol. The summed E-state index contributed by atoms with van der Waals surface area (Å²) in [5.41, 5.74) is 1.37. The molecule has 0 fully saturated rings. The van der Waals surface area contributed by atoms with Gasteiger partial charge in [0.1, 0.15) is 12.1 Å². The van der Waals surface area contributed by atoms with Crippen LogP contribution in [0.5, 0.6) is 0 Å². The molecule has 0 aromatic heterocycles. The van der Waals surface area contributed by atoms with E-state index in [1.807, 2.05) is 0 Å². The molecule has 17 heteroatoms. The van der Waals surface area contributed by atoms with Crippen LogP contribution in [0, 0.1) is 0 Å². The molecule has 0 spiro atoms. The van der Waals surface area contributed by atoms with Crippen molar-refractivity contribution in [1.29, 1.82) is 0 Å². The Bertz CT molecular complexity index is 1280. The maximum absolute atomic E-state index is 12.9. The van der Waals surface area contributed by atoms with Crippen LogP contribution in [0.25, 0.3) is 0 Å². The van der Waals surface area contributed by atoms with Gasteiger partial charge in [0.15, 0.2) is 0 Å². The molecule has 0 aliphatic carbocycles. The molecule has 0 heterocycles. The quantitative estimate of drug-likeness (QED) is 0.154. The number of imide groups is 2. The van der Waals surface area contributed by atoms with Crippen molar-refractivity contribution in [1.82, 2.24) is 36.0 Å². The summed E-state index contributed by atoms with van der Waals surface area (Å²) in [6, 6.07) is 12.6. The molecule has 46 heavy (non-hydrogen) atoms. The fourth-order valence-electron chi connectivity index (χ4n) is 4.23. The highest BCUT2D eigenvalue weighted by molar-refractivity contribution is 5.94. The number of urea groups is 2. The molecule has 17 nitrogen and oxygen atoms in total. The van der Waals surface area contributed by atoms with Crippen LogP contribution in [0.3, 0.4) is 0 Å². The number of benzene rings is 2. The first-order valence-corrected chi connectivity index (χ1v) is 14.0. The Balaban J connectivity index is 2.08. The van der Waals surface area contributed by atoms with E-state index < -0.39 is 80.4 Å². The van der Waals surface area contributed by atoms with Crippen molar-refractivity contribution < 1.29 is 48.9 Å². The average molecular weight is 644 g/mol. The van der Waals surface area contributed by atoms with E-state index in [1.165, 1.54) is 14.1 Å². The van der Waals surface area contributed by atoms with Crippen molar-refractivity contribution >= 4 is 42.2 Å². The minimum absolute atomic E-state index is 0.0418. The molecule has 2 aromatic carbocycles. The molecule has 248 valence electrons. The Labute approximate surface area is 264 Å². The predicted octanol–water partition coefficient (Wildman–Crippen LogP) is 1.06. The van der Waals surface area contributed by atoms with Gasteiger partial charge in [-0.3, -0.25) is 9.59 Å². The lowest BCUT2D eigenvalue weighted by Crippen LogP contribution is -2.55. The first-order valence-electron chi connectivity index (χ1n) is 14.0. The van der Waals surface area contributed by atoms with Gasteiger partial charge < -0.3 is 41.5 Å². The van der Waals surface area contributed by atoms with Crippen LogP contribution in [-0.2, 0) is 22.4 Å². The van der Waals surface area contributed by atoms with Gasteiger partial charge in [-0.25, -0.2) is 33.8 Å². The highest BCUT2D eigenvalue weighted by atomic mass is 16.4. The molecule has 7 N–H and O–H groups in total. The fourth-order valence-corrected chi connectivity index (χ4v) is 4.23. The second-order valence-electron chi connectivity index (χ2n) is 9.75. The zero-order chi connectivity index (χ0) is 34.2. The van der Waals surface area contributed by atoms with Gasteiger partial charge in [0.25, 0.3) is 0 Å². The lowest BCUT2D eigenvalue weighted by atomic mass is 10.1. The smallest absolute Gasteiger partial charge is 0.415 e. The molecule has 0 aliphatic heterocycles. The summed E-state index contributed by atoms with van der Waals surface area (Å²) in [5.74, 6) is -1.19. The van der Waals surface area contributed by atoms with Crippen molar-refractivity contribution in [3.8, 4) is 0 Å². The number of carboxylic acid groups (broad SMARTS) is 3. The van der Waals surface area contributed by atoms with Crippen LogP contribution in [0.4, 0.5) is 24.0 Å². The lowest BCUT2D eigenvalue weighted by Gasteiger charge is -2.27. The highest BCUT2D eigenvalue weighted by Crippen LogP contribution is 2.07. The number of carbonyl (C=O) groups excluding carboxylic acids is 4. The number of amides is 9. The second-order valence-corrected chi connectivity index (χ2v) is 9.75. The third-order valence-electron chi connectivity index (χ3n) is 6.70. The fraction of sp³-hybridized carbons (Fsp3) is 0.345. The molecular weight excluding hydrogens is 606 g/mol. The van der Waals surface area contributed by atoms with Crippen molar-refractivity contribution in [2.75, 3.05) is 40.3 Å². The van der Waals surface area contributed by atoms with E-state index in [4.69, 9.17) is 0 Å². The third kappa shape index (κ3) is 11.3. The van der Waals surface area contributed by atoms with E-state index in [1.54, 1.807) is 60.7 Å². The predicted molar refractivity (Wildman–Crippen MR) is 162 cm³/mol. The standard InChI is InChI=1S/C29H37N7O10/c1-30-23(37)21(17-19-9-5-3-6-10-19)32-25(39)35(28(43)44)15-13-34(27(41)42)14-16-36(29(45)46)26(40)33-22(24(38)31-2)18-20-11-7-4-8-12-20/h3-12,21-22H,13-18H2,1-2H3,(H,30,37)(H,31,38)(H,32,39)(H,33,40)(H,41,42)(H,43,44)(H,45,46). The van der Waals surface area contributed by atoms with Crippen LogP contribution in [0.2, 0.25) is 0 Å². The normalized spacial score (nSPS) is 11.6. The molecule has 0 saturated carbocycles. The van der Waals surface area contributed by atoms with Crippen LogP contribution in [0.15, 0.2) is 60.7 Å². The number of rotatable bonds is 14. The topological polar surface area (TPSA) is 238 Å². The van der Waals surface area contributed by atoms with Gasteiger partial charge in [-0.1, -0.05) is 60.7 Å². The maximum atomic E-state index is 12.9. The van der Waals surface area contributed by atoms with Crippen LogP contribution < -0.4 is 21.3 Å². The molecule has 0 bridgehead atoms. The number of hydrogen-bond donors (Lipinski definition) is 7. The number of nitrogens with zero attached hydrogens (tertiary/aromatic N) is 3. The van der Waals surface area contributed by atoms with Gasteiger partial charge in [0.2, 0.25) is 11.8 Å². The Morgan fingerprint density at radius 2 is 0.913 bits per heavy atom. The summed E-state index contributed by atoms with van der Waals surface area (Å²) in [6.45, 7) is -2.56. The summed E-state index contributed by atoms with van der Waals surface area (Å²) in [4.78, 5) is 87.3. The summed E-state index contributed by atoms with van der Waals surface area (Å²) < 4.78 is 0. The van der Waals surface area contributed by atoms with Gasteiger partial charge in [-0.05, 0) is 11.1 Å². The van der Waals surface area contributed by atoms with Gasteiger partial charge in [0.05, 0.1) is 13.1 Å². The number of hydrogen-bond acceptors (Lipinski definition) is 7. The second kappa shape index (κ2) is 18.1. The Morgan fingerprint density at radius 1 is 0.565 bits per heavy atom. The van der Waals surface area contributed by atoms with E-state index in [9.17, 15) is 48.9 Å². The molecule has 2 unspecified atom stereocenters. The van der Waals surface area contributed by atoms with Crippen LogP contribution in [0.1, 0.15) is 11.1 Å². The molecule has 2 rings (SSSR count). The number of nitrogens with one attached hydrogen (secondary N) is 4. The van der Waals surface area contributed by atoms with Gasteiger partial charge >= 0.3 is 30.3 Å². The van der Waals surface area contributed by atoms with E-state index in [0.717, 1.165) is 0 Å². The minimum atomic E-state index is -1.73. The van der Waals surface area contributed by atoms with Crippen molar-refractivity contribution in [3.63, 3.8) is 0 Å². The summed E-state index contributed by atoms with van der Waals surface area (Å²) in [5, 5.41) is 38.4. The van der Waals surface area contributed by atoms with Gasteiger partial charge in [0, 0.05) is 40.0 Å². The van der Waals surface area contributed by atoms with E-state index in [0.29, 0.717) is 16.0 Å². The zero-order valence-corrected chi connectivity index (χ0v) is 25.2. The molecule has 0 radical (unpaired) electrons. The zero-order valence-electron chi connectivity index (χ0n) is 25.2. The Morgan fingerprint density at radius 3 is 1.20 bits per heavy atom. The first-order chi connectivity index (χ1) is 21.9. The Hall–Kier alpha value is -5.87. The third-order valence-corrected chi connectivity index (χ3v) is 6.70. The highest BCUT2D eigenvalue weighted by Gasteiger charge is 2.30. The van der Waals surface area contributed by atoms with Crippen molar-refractivity contribution in [2.45, 2.75) is 24.9 Å². The van der Waals surface area contributed by atoms with Crippen molar-refractivity contribution in [3.05, 3.63) is 71.8 Å². The molecular formula is C29H37N7O10. The summed E-state index contributed by atoms with van der Waals surface area (Å²) >= 11 is 0. The van der Waals surface area contributed by atoms with E-state index in [2.05, 4.69) is 21.3 Å². The van der Waals surface area contributed by atoms with E-state index >= 15 is 0 Å². The Kier molecular flexibility index (Phi) is 14.3. The maximum Gasteiger partial charge on any atom is 0.415 e. The number of likely N-dealkylation sites (N-methyl/N-ethyl adjacent to an activating group) is 2. The molecule has 2 aromatic rings. The van der Waals surface area contributed by atoms with Crippen LogP contribution >= 0.6 is 0 Å². The van der Waals surface area contributed by atoms with Gasteiger partial charge in [-0.2, -0.15) is 0 Å². The average Bonchev–Trinajstić information content (AvgIpc) is 3.03. The minimum Gasteiger partial charge on any atom is -0.465 e. The van der Waals surface area contributed by atoms with Crippen molar-refractivity contribution in [2.24, 2.45) is 0 Å². The van der Waals surface area contributed by atoms with E-state index in [-0.39, 0.29) is 22.6 Å². The lowest BCUT2D eigenvalue weighted by molar-refractivity contribution is -0.123. The molecule has 0 saturated heterocycles. The molecule has 2 atom stereocenters. The summed E-state index contributed by atoms with van der Waals surface area (Å²) in [7, 11) is 2.68. The SMILES string of the molecule is CNC(=O)C(Cc1ccccc1)NC(=O)N(CCN(CCN(C(=O)O)C(=O)NC(Cc1ccccc1)C(=O)NC)C(=O)O)C(=O)O.